The summed E-state index contributed by atoms with van der Waals surface area (Å²) in [5, 5.41) is 10.5. The van der Waals surface area contributed by atoms with Gasteiger partial charge in [0, 0.05) is 28.7 Å². The van der Waals surface area contributed by atoms with Gasteiger partial charge in [0.25, 0.3) is 0 Å². The van der Waals surface area contributed by atoms with E-state index in [0.29, 0.717) is 0 Å². The van der Waals surface area contributed by atoms with Gasteiger partial charge in [-0.15, -0.1) is 0 Å². The van der Waals surface area contributed by atoms with Crippen molar-refractivity contribution in [2.24, 2.45) is 0 Å². The van der Waals surface area contributed by atoms with Crippen molar-refractivity contribution in [1.82, 2.24) is 4.57 Å². The number of nitrogens with zero attached hydrogens (tertiary/aromatic N) is 1. The standard InChI is InChI=1S/C12H15NO/c1-3-13-9(2)11(8-14)10-6-4-5-7-12(10)13/h4-7,14H,3,8H2,1-2H3. The Balaban J connectivity index is 2.85. The number of benzene rings is 1. The molecule has 0 bridgehead atoms. The molecule has 0 fully saturated rings. The van der Waals surface area contributed by atoms with E-state index in [9.17, 15) is 5.11 Å². The average Bonchev–Trinajstić information content (AvgIpc) is 2.49. The van der Waals surface area contributed by atoms with Crippen molar-refractivity contribution >= 4 is 10.9 Å². The first kappa shape index (κ1) is 9.28. The van der Waals surface area contributed by atoms with Gasteiger partial charge in [0.05, 0.1) is 6.61 Å². The van der Waals surface area contributed by atoms with Crippen LogP contribution in [0.4, 0.5) is 0 Å². The van der Waals surface area contributed by atoms with Crippen molar-refractivity contribution in [2.45, 2.75) is 27.0 Å². The minimum Gasteiger partial charge on any atom is -0.392 e. The SMILES string of the molecule is CCn1c(C)c(CO)c2ccccc21. The Labute approximate surface area is 83.8 Å². The van der Waals surface area contributed by atoms with Crippen LogP contribution in [-0.4, -0.2) is 9.67 Å². The summed E-state index contributed by atoms with van der Waals surface area (Å²) in [5.74, 6) is 0. The Kier molecular flexibility index (Phi) is 2.30. The van der Waals surface area contributed by atoms with Crippen LogP contribution in [0.15, 0.2) is 24.3 Å². The molecule has 2 rings (SSSR count). The molecule has 0 aliphatic carbocycles. The molecule has 2 heteroatoms. The van der Waals surface area contributed by atoms with Crippen LogP contribution in [0.2, 0.25) is 0 Å². The molecule has 1 heterocycles. The third-order valence-electron chi connectivity index (χ3n) is 2.84. The van der Waals surface area contributed by atoms with Gasteiger partial charge in [0.15, 0.2) is 0 Å². The molecule has 0 saturated carbocycles. The maximum absolute atomic E-state index is 9.31. The monoisotopic (exact) mass is 189 g/mol. The highest BCUT2D eigenvalue weighted by atomic mass is 16.3. The molecule has 0 saturated heterocycles. The molecule has 0 atom stereocenters. The molecule has 0 spiro atoms. The van der Waals surface area contributed by atoms with E-state index in [-0.39, 0.29) is 6.61 Å². The first-order valence-corrected chi connectivity index (χ1v) is 4.97. The molecule has 74 valence electrons. The van der Waals surface area contributed by atoms with E-state index in [0.717, 1.165) is 12.1 Å². The van der Waals surface area contributed by atoms with Crippen LogP contribution < -0.4 is 0 Å². The predicted molar refractivity (Wildman–Crippen MR) is 58.3 cm³/mol. The second-order valence-corrected chi connectivity index (χ2v) is 3.48. The number of aromatic nitrogens is 1. The number of fused-ring (bicyclic) bond motifs is 1. The fraction of sp³-hybridized carbons (Fsp3) is 0.333. The van der Waals surface area contributed by atoms with E-state index in [1.165, 1.54) is 16.6 Å². The first-order chi connectivity index (χ1) is 6.79. The minimum atomic E-state index is 0.124. The van der Waals surface area contributed by atoms with E-state index >= 15 is 0 Å². The number of para-hydroxylation sites is 1. The molecular weight excluding hydrogens is 174 g/mol. The van der Waals surface area contributed by atoms with Crippen molar-refractivity contribution in [3.8, 4) is 0 Å². The number of hydrogen-bond donors (Lipinski definition) is 1. The topological polar surface area (TPSA) is 25.2 Å². The van der Waals surface area contributed by atoms with Gasteiger partial charge in [-0.25, -0.2) is 0 Å². The van der Waals surface area contributed by atoms with Crippen LogP contribution in [0.1, 0.15) is 18.2 Å². The fourth-order valence-electron chi connectivity index (χ4n) is 2.11. The maximum atomic E-state index is 9.31. The summed E-state index contributed by atoms with van der Waals surface area (Å²) in [6.45, 7) is 5.27. The third-order valence-corrected chi connectivity index (χ3v) is 2.84. The summed E-state index contributed by atoms with van der Waals surface area (Å²) >= 11 is 0. The largest absolute Gasteiger partial charge is 0.392 e. The van der Waals surface area contributed by atoms with Crippen molar-refractivity contribution in [3.05, 3.63) is 35.5 Å². The number of aryl methyl sites for hydroxylation is 1. The zero-order chi connectivity index (χ0) is 10.1. The van der Waals surface area contributed by atoms with Crippen LogP contribution >= 0.6 is 0 Å². The highest BCUT2D eigenvalue weighted by Gasteiger charge is 2.10. The van der Waals surface area contributed by atoms with Crippen molar-refractivity contribution in [1.29, 1.82) is 0 Å². The van der Waals surface area contributed by atoms with Crippen LogP contribution in [0.3, 0.4) is 0 Å². The third kappa shape index (κ3) is 1.15. The zero-order valence-electron chi connectivity index (χ0n) is 8.62. The average molecular weight is 189 g/mol. The molecule has 0 unspecified atom stereocenters. The second-order valence-electron chi connectivity index (χ2n) is 3.48. The second kappa shape index (κ2) is 3.46. The van der Waals surface area contributed by atoms with Gasteiger partial charge in [-0.05, 0) is 19.9 Å². The molecule has 2 aromatic rings. The lowest BCUT2D eigenvalue weighted by Crippen LogP contribution is -1.97. The van der Waals surface area contributed by atoms with Gasteiger partial charge >= 0.3 is 0 Å². The summed E-state index contributed by atoms with van der Waals surface area (Å²) < 4.78 is 2.24. The summed E-state index contributed by atoms with van der Waals surface area (Å²) in [6, 6.07) is 8.22. The van der Waals surface area contributed by atoms with E-state index < -0.39 is 0 Å². The van der Waals surface area contributed by atoms with Gasteiger partial charge in [-0.3, -0.25) is 0 Å². The molecule has 14 heavy (non-hydrogen) atoms. The summed E-state index contributed by atoms with van der Waals surface area (Å²) in [6.07, 6.45) is 0. The summed E-state index contributed by atoms with van der Waals surface area (Å²) in [7, 11) is 0. The maximum Gasteiger partial charge on any atom is 0.0705 e. The Morgan fingerprint density at radius 2 is 2.00 bits per heavy atom. The Morgan fingerprint density at radius 3 is 2.64 bits per heavy atom. The Hall–Kier alpha value is -1.28. The summed E-state index contributed by atoms with van der Waals surface area (Å²) in [5.41, 5.74) is 3.45. The fourth-order valence-corrected chi connectivity index (χ4v) is 2.11. The number of hydrogen-bond acceptors (Lipinski definition) is 1. The molecule has 1 aromatic heterocycles. The first-order valence-electron chi connectivity index (χ1n) is 4.97. The lowest BCUT2D eigenvalue weighted by molar-refractivity contribution is 0.282. The minimum absolute atomic E-state index is 0.124. The van der Waals surface area contributed by atoms with E-state index in [1.807, 2.05) is 12.1 Å². The van der Waals surface area contributed by atoms with Gasteiger partial charge in [0.2, 0.25) is 0 Å². The van der Waals surface area contributed by atoms with E-state index in [2.05, 4.69) is 30.5 Å². The van der Waals surface area contributed by atoms with Crippen LogP contribution in [-0.2, 0) is 13.2 Å². The smallest absolute Gasteiger partial charge is 0.0705 e. The Bertz CT molecular complexity index is 416. The lowest BCUT2D eigenvalue weighted by atomic mass is 10.1. The molecule has 0 radical (unpaired) electrons. The molecular formula is C12H15NO. The summed E-state index contributed by atoms with van der Waals surface area (Å²) in [4.78, 5) is 0. The van der Waals surface area contributed by atoms with E-state index in [1.54, 1.807) is 0 Å². The predicted octanol–water partition coefficient (Wildman–Crippen LogP) is 2.46. The lowest BCUT2D eigenvalue weighted by Gasteiger charge is -2.03. The van der Waals surface area contributed by atoms with Gasteiger partial charge in [-0.1, -0.05) is 18.2 Å². The van der Waals surface area contributed by atoms with Crippen molar-refractivity contribution in [2.75, 3.05) is 0 Å². The zero-order valence-corrected chi connectivity index (χ0v) is 8.62. The quantitative estimate of drug-likeness (QED) is 0.771. The molecule has 0 aliphatic rings. The number of rotatable bonds is 2. The van der Waals surface area contributed by atoms with Gasteiger partial charge < -0.3 is 9.67 Å². The van der Waals surface area contributed by atoms with Gasteiger partial charge in [0.1, 0.15) is 0 Å². The molecule has 0 amide bonds. The van der Waals surface area contributed by atoms with Crippen LogP contribution in [0.25, 0.3) is 10.9 Å². The molecule has 1 aromatic carbocycles. The molecule has 2 nitrogen and oxygen atoms in total. The van der Waals surface area contributed by atoms with Gasteiger partial charge in [-0.2, -0.15) is 0 Å². The highest BCUT2D eigenvalue weighted by molar-refractivity contribution is 5.85. The van der Waals surface area contributed by atoms with Crippen molar-refractivity contribution in [3.63, 3.8) is 0 Å². The molecule has 0 aliphatic heterocycles. The van der Waals surface area contributed by atoms with E-state index in [4.69, 9.17) is 0 Å². The highest BCUT2D eigenvalue weighted by Crippen LogP contribution is 2.25. The normalized spacial score (nSPS) is 11.1. The van der Waals surface area contributed by atoms with Crippen molar-refractivity contribution < 1.29 is 5.11 Å². The molecule has 1 N–H and O–H groups in total. The number of aliphatic hydroxyl groups is 1. The Morgan fingerprint density at radius 1 is 1.29 bits per heavy atom. The number of aliphatic hydroxyl groups excluding tert-OH is 1. The van der Waals surface area contributed by atoms with Crippen LogP contribution in [0.5, 0.6) is 0 Å². The van der Waals surface area contributed by atoms with Crippen LogP contribution in [0, 0.1) is 6.92 Å².